The van der Waals surface area contributed by atoms with E-state index in [1.807, 2.05) is 30.3 Å². The molecule has 3 aromatic carbocycles. The van der Waals surface area contributed by atoms with Crippen LogP contribution in [0.3, 0.4) is 0 Å². The number of nitrogens with one attached hydrogen (secondary N) is 8. The summed E-state index contributed by atoms with van der Waals surface area (Å²) in [5.41, 5.74) is 15.0. The lowest BCUT2D eigenvalue weighted by Gasteiger charge is -2.29. The van der Waals surface area contributed by atoms with Gasteiger partial charge in [0.15, 0.2) is 0 Å². The number of hydrogen-bond acceptors (Lipinski definition) is 14. The maximum absolute atomic E-state index is 14.7. The average Bonchev–Trinajstić information content (AvgIpc) is 3.76. The van der Waals surface area contributed by atoms with Crippen molar-refractivity contribution in [2.45, 2.75) is 113 Å². The molecule has 72 heavy (non-hydrogen) atoms. The second-order valence-electron chi connectivity index (χ2n) is 17.5. The van der Waals surface area contributed by atoms with Gasteiger partial charge < -0.3 is 69.0 Å². The number of carbonyl (C=O) groups excluding carboxylic acids is 7. The Morgan fingerprint density at radius 3 is 1.94 bits per heavy atom. The Kier molecular flexibility index (Phi) is 24.3. The lowest BCUT2D eigenvalue weighted by atomic mass is 10.0. The zero-order valence-corrected chi connectivity index (χ0v) is 42.5. The van der Waals surface area contributed by atoms with Crippen LogP contribution in [0.4, 0.5) is 0 Å². The molecule has 0 saturated carbocycles. The number of aromatic amines is 1. The SMILES string of the molecule is C[C@@H](O)[C@@H]1NC(=O)[C@H](CCCCN)NC(=O)[C@@H](Cc2c[nH]c3ccccc23)NC(=O)[C@H](Cc2ccccc2)NC(=O)[C@@H](NC(=O)[C@H](N)Cc2ccccc2)CSSC[C@@H](C(=O)N[C@H](CO)[C@@H](C)O)NC1=O.Cl. The van der Waals surface area contributed by atoms with E-state index in [1.165, 1.54) is 13.8 Å². The first-order valence-electron chi connectivity index (χ1n) is 23.5. The minimum absolute atomic E-state index is 0. The number of para-hydroxylation sites is 1. The number of aliphatic hydroxyl groups is 3. The summed E-state index contributed by atoms with van der Waals surface area (Å²) in [5.74, 6) is -6.01. The van der Waals surface area contributed by atoms with Gasteiger partial charge in [0.1, 0.15) is 36.3 Å². The topological polar surface area (TPSA) is 332 Å². The lowest BCUT2D eigenvalue weighted by molar-refractivity contribution is -0.136. The molecule has 0 spiro atoms. The van der Waals surface area contributed by atoms with Crippen molar-refractivity contribution in [2.75, 3.05) is 24.7 Å². The smallest absolute Gasteiger partial charge is 0.245 e. The van der Waals surface area contributed by atoms with Crippen LogP contribution in [0.5, 0.6) is 0 Å². The largest absolute Gasteiger partial charge is 0.394 e. The minimum atomic E-state index is -1.66. The van der Waals surface area contributed by atoms with Crippen molar-refractivity contribution in [1.29, 1.82) is 0 Å². The summed E-state index contributed by atoms with van der Waals surface area (Å²) < 4.78 is 0. The van der Waals surface area contributed by atoms with E-state index in [2.05, 4.69) is 42.2 Å². The van der Waals surface area contributed by atoms with Gasteiger partial charge in [0.05, 0.1) is 30.9 Å². The van der Waals surface area contributed by atoms with Crippen LogP contribution in [0.1, 0.15) is 49.8 Å². The number of H-pyrrole nitrogens is 1. The van der Waals surface area contributed by atoms with Gasteiger partial charge >= 0.3 is 0 Å². The number of benzene rings is 3. The van der Waals surface area contributed by atoms with Crippen molar-refractivity contribution in [2.24, 2.45) is 11.5 Å². The van der Waals surface area contributed by atoms with Crippen LogP contribution in [0.25, 0.3) is 10.9 Å². The maximum Gasteiger partial charge on any atom is 0.245 e. The quantitative estimate of drug-likeness (QED) is 0.0474. The highest BCUT2D eigenvalue weighted by Gasteiger charge is 2.36. The second-order valence-corrected chi connectivity index (χ2v) is 20.0. The molecular weight excluding hydrogens is 988 g/mol. The van der Waals surface area contributed by atoms with Crippen LogP contribution in [0, 0.1) is 0 Å². The number of rotatable bonds is 17. The fourth-order valence-corrected chi connectivity index (χ4v) is 10.1. The number of amides is 7. The van der Waals surface area contributed by atoms with E-state index in [0.29, 0.717) is 24.0 Å². The third-order valence-corrected chi connectivity index (χ3v) is 14.3. The Morgan fingerprint density at radius 1 is 0.722 bits per heavy atom. The number of aliphatic hydroxyl groups excluding tert-OH is 3. The van der Waals surface area contributed by atoms with Gasteiger partial charge in [0.2, 0.25) is 41.4 Å². The molecule has 0 radical (unpaired) electrons. The zero-order valence-electron chi connectivity index (χ0n) is 40.1. The Labute approximate surface area is 432 Å². The normalized spacial score (nSPS) is 22.5. The number of halogens is 1. The summed E-state index contributed by atoms with van der Waals surface area (Å²) in [6.45, 7) is 2.23. The standard InChI is InChI=1S/C49H66N10O10S2.ClH/c1-28(61)39(25-60)56-48(68)41-27-71-70-26-40(57-43(63)34(51)21-30-13-5-3-6-14-30)47(67)54-37(22-31-15-7-4-8-16-31)45(65)55-38(23-32-24-52-35-18-10-9-17-33(32)35)46(66)53-36(19-11-12-20-50)44(64)59-42(29(2)62)49(69)58-41;/h3-10,13-18,24,28-29,34,36-42,52,60-62H,11-12,19-23,25-27,50-51H2,1-2H3,(H,53,66)(H,54,67)(H,55,65)(H,56,68)(H,57,63)(H,58,69)(H,59,64);1H/t28-,29-,34-,36+,37+,38-,39-,40+,41+,42+;/m1./s1. The minimum Gasteiger partial charge on any atom is -0.394 e. The molecule has 0 unspecified atom stereocenters. The molecule has 1 aliphatic rings. The summed E-state index contributed by atoms with van der Waals surface area (Å²) in [4.78, 5) is 103. The molecular formula is C49H67ClN10O10S2. The van der Waals surface area contributed by atoms with E-state index in [0.717, 1.165) is 38.1 Å². The Balaban J connectivity index is 0.0000112. The highest BCUT2D eigenvalue weighted by atomic mass is 35.5. The molecule has 1 aromatic heterocycles. The summed E-state index contributed by atoms with van der Waals surface area (Å²) >= 11 is 0. The van der Waals surface area contributed by atoms with Gasteiger partial charge in [-0.3, -0.25) is 33.6 Å². The summed E-state index contributed by atoms with van der Waals surface area (Å²) in [5, 5.41) is 50.5. The van der Waals surface area contributed by atoms with Crippen molar-refractivity contribution in [3.05, 3.63) is 108 Å². The van der Waals surface area contributed by atoms with Gasteiger partial charge in [-0.25, -0.2) is 0 Å². The van der Waals surface area contributed by atoms with Crippen molar-refractivity contribution in [3.63, 3.8) is 0 Å². The average molecular weight is 1060 g/mol. The molecule has 10 atom stereocenters. The first-order chi connectivity index (χ1) is 34.1. The van der Waals surface area contributed by atoms with Gasteiger partial charge in [0, 0.05) is 41.4 Å². The molecule has 7 amide bonds. The molecule has 2 heterocycles. The fourth-order valence-electron chi connectivity index (χ4n) is 7.73. The number of carbonyl (C=O) groups is 7. The molecule has 1 aliphatic heterocycles. The van der Waals surface area contributed by atoms with Crippen LogP contribution in [0.2, 0.25) is 0 Å². The number of hydrogen-bond donors (Lipinski definition) is 13. The van der Waals surface area contributed by atoms with Crippen LogP contribution in [-0.2, 0) is 52.8 Å². The molecule has 0 aliphatic carbocycles. The molecule has 23 heteroatoms. The predicted octanol–water partition coefficient (Wildman–Crippen LogP) is -0.384. The fraction of sp³-hybridized carbons (Fsp3) is 0.449. The molecule has 15 N–H and O–H groups in total. The Morgan fingerprint density at radius 2 is 1.31 bits per heavy atom. The van der Waals surface area contributed by atoms with Gasteiger partial charge in [-0.05, 0) is 68.8 Å². The van der Waals surface area contributed by atoms with E-state index in [9.17, 15) is 48.9 Å². The molecule has 392 valence electrons. The monoisotopic (exact) mass is 1050 g/mol. The number of fused-ring (bicyclic) bond motifs is 1. The van der Waals surface area contributed by atoms with Crippen molar-refractivity contribution >= 4 is 86.2 Å². The van der Waals surface area contributed by atoms with Gasteiger partial charge in [-0.2, -0.15) is 0 Å². The molecule has 5 rings (SSSR count). The third kappa shape index (κ3) is 17.8. The van der Waals surface area contributed by atoms with E-state index in [4.69, 9.17) is 11.5 Å². The summed E-state index contributed by atoms with van der Waals surface area (Å²) in [6, 6.07) is 14.6. The molecule has 20 nitrogen and oxygen atoms in total. The van der Waals surface area contributed by atoms with Gasteiger partial charge in [-0.15, -0.1) is 12.4 Å². The van der Waals surface area contributed by atoms with E-state index in [1.54, 1.807) is 60.8 Å². The molecule has 1 saturated heterocycles. The molecule has 1 fully saturated rings. The van der Waals surface area contributed by atoms with Gasteiger partial charge in [0.25, 0.3) is 0 Å². The first-order valence-corrected chi connectivity index (χ1v) is 26.0. The maximum atomic E-state index is 14.7. The predicted molar refractivity (Wildman–Crippen MR) is 279 cm³/mol. The third-order valence-electron chi connectivity index (χ3n) is 11.9. The first kappa shape index (κ1) is 58.8. The van der Waals surface area contributed by atoms with Crippen molar-refractivity contribution < 1.29 is 48.9 Å². The molecule has 4 aromatic rings. The molecule has 0 bridgehead atoms. The van der Waals surface area contributed by atoms with E-state index < -0.39 is 108 Å². The summed E-state index contributed by atoms with van der Waals surface area (Å²) in [7, 11) is 2.06. The van der Waals surface area contributed by atoms with E-state index in [-0.39, 0.29) is 56.1 Å². The van der Waals surface area contributed by atoms with Crippen molar-refractivity contribution in [1.82, 2.24) is 42.2 Å². The van der Waals surface area contributed by atoms with Crippen LogP contribution in [0.15, 0.2) is 91.1 Å². The Bertz CT molecular complexity index is 2400. The number of nitrogens with two attached hydrogens (primary N) is 2. The lowest BCUT2D eigenvalue weighted by Crippen LogP contribution is -2.62. The van der Waals surface area contributed by atoms with Gasteiger partial charge in [-0.1, -0.05) is 100 Å². The van der Waals surface area contributed by atoms with Crippen LogP contribution < -0.4 is 48.7 Å². The van der Waals surface area contributed by atoms with Crippen LogP contribution in [-0.4, -0.2) is 147 Å². The number of unbranched alkanes of at least 4 members (excludes halogenated alkanes) is 1. The van der Waals surface area contributed by atoms with Crippen LogP contribution >= 0.6 is 34.0 Å². The van der Waals surface area contributed by atoms with E-state index >= 15 is 0 Å². The second kappa shape index (κ2) is 29.7. The summed E-state index contributed by atoms with van der Waals surface area (Å²) in [6.07, 6.45) is -0.156. The zero-order chi connectivity index (χ0) is 51.5. The van der Waals surface area contributed by atoms with Crippen molar-refractivity contribution in [3.8, 4) is 0 Å². The highest BCUT2D eigenvalue weighted by Crippen LogP contribution is 2.24. The highest BCUT2D eigenvalue weighted by molar-refractivity contribution is 8.76. The number of aromatic nitrogens is 1. The Hall–Kier alpha value is -5.72.